The number of hydrogen-bond acceptors (Lipinski definition) is 4. The summed E-state index contributed by atoms with van der Waals surface area (Å²) in [7, 11) is 0. The maximum atomic E-state index is 12.0. The molecule has 3 rings (SSSR count). The van der Waals surface area contributed by atoms with Crippen molar-refractivity contribution in [3.05, 3.63) is 53.4 Å². The molecule has 3 N–H and O–H groups in total. The van der Waals surface area contributed by atoms with E-state index in [1.54, 1.807) is 36.4 Å². The minimum absolute atomic E-state index is 0.00980. The third kappa shape index (κ3) is 3.44. The monoisotopic (exact) mass is 348 g/mol. The smallest absolute Gasteiger partial charge is 0.313 e. The first-order valence-electron chi connectivity index (χ1n) is 7.61. The summed E-state index contributed by atoms with van der Waals surface area (Å²) in [5.41, 5.74) is -0.952. The molecule has 1 heterocycles. The fraction of sp³-hybridized carbons (Fsp3) is 0.294. The Kier molecular flexibility index (Phi) is 4.59. The molecule has 2 aromatic rings. The van der Waals surface area contributed by atoms with Crippen LogP contribution in [0.4, 0.5) is 5.69 Å². The number of hydrogen-bond donors (Lipinski definition) is 3. The van der Waals surface area contributed by atoms with Gasteiger partial charge in [-0.05, 0) is 43.0 Å². The number of rotatable bonds is 5. The van der Waals surface area contributed by atoms with Gasteiger partial charge in [-0.25, -0.2) is 0 Å². The lowest BCUT2D eigenvalue weighted by atomic mass is 9.94. The van der Waals surface area contributed by atoms with E-state index in [1.165, 1.54) is 6.26 Å². The van der Waals surface area contributed by atoms with E-state index in [2.05, 4.69) is 10.6 Å². The van der Waals surface area contributed by atoms with Crippen LogP contribution in [-0.4, -0.2) is 23.5 Å². The topological polar surface area (TPSA) is 91.6 Å². The lowest BCUT2D eigenvalue weighted by molar-refractivity contribution is -0.137. The van der Waals surface area contributed by atoms with Gasteiger partial charge in [0.1, 0.15) is 11.4 Å². The van der Waals surface area contributed by atoms with Crippen LogP contribution in [0.2, 0.25) is 5.02 Å². The van der Waals surface area contributed by atoms with Gasteiger partial charge in [0.15, 0.2) is 0 Å². The first-order valence-corrected chi connectivity index (χ1v) is 7.98. The van der Waals surface area contributed by atoms with Crippen LogP contribution in [0.5, 0.6) is 0 Å². The van der Waals surface area contributed by atoms with E-state index in [4.69, 9.17) is 16.0 Å². The van der Waals surface area contributed by atoms with Crippen molar-refractivity contribution >= 4 is 29.1 Å². The number of nitrogens with one attached hydrogen (secondary N) is 2. The van der Waals surface area contributed by atoms with Crippen LogP contribution >= 0.6 is 11.6 Å². The van der Waals surface area contributed by atoms with Gasteiger partial charge in [-0.15, -0.1) is 0 Å². The summed E-state index contributed by atoms with van der Waals surface area (Å²) < 4.78 is 5.28. The zero-order valence-electron chi connectivity index (χ0n) is 12.8. The highest BCUT2D eigenvalue weighted by Gasteiger charge is 2.47. The van der Waals surface area contributed by atoms with Gasteiger partial charge in [-0.3, -0.25) is 9.59 Å². The van der Waals surface area contributed by atoms with E-state index in [1.807, 2.05) is 0 Å². The van der Waals surface area contributed by atoms with Crippen LogP contribution in [0.3, 0.4) is 0 Å². The standard InChI is InChI=1S/C17H17ClN2O4/c18-12-4-1-2-5-13(12)20-16(22)15(21)19-10-17(23,11-7-8-11)14-6-3-9-24-14/h1-6,9,11,23H,7-8,10H2,(H,19,21)(H,20,22)/t17-/m0/s1. The average molecular weight is 349 g/mol. The fourth-order valence-corrected chi connectivity index (χ4v) is 2.74. The molecule has 24 heavy (non-hydrogen) atoms. The molecule has 1 saturated carbocycles. The molecule has 126 valence electrons. The lowest BCUT2D eigenvalue weighted by Crippen LogP contribution is -2.45. The predicted molar refractivity (Wildman–Crippen MR) is 88.4 cm³/mol. The zero-order valence-corrected chi connectivity index (χ0v) is 13.5. The number of furan rings is 1. The normalized spacial score (nSPS) is 16.2. The van der Waals surface area contributed by atoms with Crippen LogP contribution in [0.25, 0.3) is 0 Å². The zero-order chi connectivity index (χ0) is 17.2. The predicted octanol–water partition coefficient (Wildman–Crippen LogP) is 2.29. The van der Waals surface area contributed by atoms with Crippen molar-refractivity contribution in [2.24, 2.45) is 5.92 Å². The fourth-order valence-electron chi connectivity index (χ4n) is 2.56. The molecule has 0 radical (unpaired) electrons. The van der Waals surface area contributed by atoms with Gasteiger partial charge in [0, 0.05) is 0 Å². The Hall–Kier alpha value is -2.31. The summed E-state index contributed by atoms with van der Waals surface area (Å²) in [6, 6.07) is 9.96. The molecule has 1 aliphatic carbocycles. The minimum Gasteiger partial charge on any atom is -0.466 e. The largest absolute Gasteiger partial charge is 0.466 e. The molecule has 1 fully saturated rings. The number of carbonyl (C=O) groups is 2. The van der Waals surface area contributed by atoms with Gasteiger partial charge < -0.3 is 20.2 Å². The molecule has 0 unspecified atom stereocenters. The molecule has 1 aliphatic rings. The Morgan fingerprint density at radius 3 is 2.58 bits per heavy atom. The van der Waals surface area contributed by atoms with Crippen molar-refractivity contribution in [2.45, 2.75) is 18.4 Å². The molecule has 2 amide bonds. The molecular weight excluding hydrogens is 332 g/mol. The SMILES string of the molecule is O=C(NC[C@@](O)(c1ccco1)C1CC1)C(=O)Nc1ccccc1Cl. The van der Waals surface area contributed by atoms with Gasteiger partial charge in [-0.1, -0.05) is 23.7 Å². The minimum atomic E-state index is -1.30. The Balaban J connectivity index is 1.62. The van der Waals surface area contributed by atoms with Crippen LogP contribution in [0.15, 0.2) is 47.1 Å². The number of anilines is 1. The summed E-state index contributed by atoms with van der Waals surface area (Å²) in [4.78, 5) is 24.0. The van der Waals surface area contributed by atoms with Crippen molar-refractivity contribution in [3.63, 3.8) is 0 Å². The molecule has 1 aromatic carbocycles. The quantitative estimate of drug-likeness (QED) is 0.723. The Labute approximate surface area is 143 Å². The highest BCUT2D eigenvalue weighted by Crippen LogP contribution is 2.45. The van der Waals surface area contributed by atoms with Crippen molar-refractivity contribution in [3.8, 4) is 0 Å². The Morgan fingerprint density at radius 1 is 1.21 bits per heavy atom. The molecular formula is C17H17ClN2O4. The van der Waals surface area contributed by atoms with Crippen LogP contribution in [0.1, 0.15) is 18.6 Å². The lowest BCUT2D eigenvalue weighted by Gasteiger charge is -2.26. The van der Waals surface area contributed by atoms with Crippen molar-refractivity contribution < 1.29 is 19.1 Å². The second kappa shape index (κ2) is 6.67. The van der Waals surface area contributed by atoms with E-state index in [-0.39, 0.29) is 12.5 Å². The molecule has 0 saturated heterocycles. The van der Waals surface area contributed by atoms with E-state index in [9.17, 15) is 14.7 Å². The van der Waals surface area contributed by atoms with E-state index in [0.29, 0.717) is 16.5 Å². The second-order valence-corrected chi connectivity index (χ2v) is 6.20. The first kappa shape index (κ1) is 16.5. The highest BCUT2D eigenvalue weighted by atomic mass is 35.5. The molecule has 6 nitrogen and oxygen atoms in total. The van der Waals surface area contributed by atoms with Gasteiger partial charge in [0.2, 0.25) is 0 Å². The third-order valence-corrected chi connectivity index (χ3v) is 4.38. The number of carbonyl (C=O) groups excluding carboxylic acids is 2. The summed E-state index contributed by atoms with van der Waals surface area (Å²) in [5, 5.41) is 16.1. The average Bonchev–Trinajstić information content (AvgIpc) is 3.29. The summed E-state index contributed by atoms with van der Waals surface area (Å²) in [6.07, 6.45) is 3.16. The highest BCUT2D eigenvalue weighted by molar-refractivity contribution is 6.41. The van der Waals surface area contributed by atoms with E-state index in [0.717, 1.165) is 12.8 Å². The third-order valence-electron chi connectivity index (χ3n) is 4.05. The molecule has 0 spiro atoms. The molecule has 0 bridgehead atoms. The Morgan fingerprint density at radius 2 is 1.96 bits per heavy atom. The van der Waals surface area contributed by atoms with E-state index < -0.39 is 17.4 Å². The van der Waals surface area contributed by atoms with Crippen molar-refractivity contribution in [1.82, 2.24) is 5.32 Å². The van der Waals surface area contributed by atoms with Crippen LogP contribution in [-0.2, 0) is 15.2 Å². The van der Waals surface area contributed by atoms with Crippen molar-refractivity contribution in [2.75, 3.05) is 11.9 Å². The number of amides is 2. The number of aliphatic hydroxyl groups is 1. The maximum absolute atomic E-state index is 12.0. The molecule has 0 aliphatic heterocycles. The number of benzene rings is 1. The number of para-hydroxylation sites is 1. The van der Waals surface area contributed by atoms with Gasteiger partial charge in [-0.2, -0.15) is 0 Å². The summed E-state index contributed by atoms with van der Waals surface area (Å²) in [5.74, 6) is -1.30. The molecule has 1 atom stereocenters. The van der Waals surface area contributed by atoms with Gasteiger partial charge in [0.05, 0.1) is 23.5 Å². The number of halogens is 1. The van der Waals surface area contributed by atoms with Crippen molar-refractivity contribution in [1.29, 1.82) is 0 Å². The second-order valence-electron chi connectivity index (χ2n) is 5.79. The van der Waals surface area contributed by atoms with Gasteiger partial charge in [0.25, 0.3) is 0 Å². The summed E-state index contributed by atoms with van der Waals surface area (Å²) in [6.45, 7) is -0.0973. The van der Waals surface area contributed by atoms with E-state index >= 15 is 0 Å². The molecule has 1 aromatic heterocycles. The van der Waals surface area contributed by atoms with Crippen LogP contribution < -0.4 is 10.6 Å². The summed E-state index contributed by atoms with van der Waals surface area (Å²) >= 11 is 5.94. The first-order chi connectivity index (χ1) is 11.5. The molecule has 7 heteroatoms. The maximum Gasteiger partial charge on any atom is 0.313 e. The van der Waals surface area contributed by atoms with Gasteiger partial charge >= 0.3 is 11.8 Å². The Bertz CT molecular complexity index is 743. The van der Waals surface area contributed by atoms with Crippen LogP contribution in [0, 0.1) is 5.92 Å².